The average Bonchev–Trinajstić information content (AvgIpc) is 2.99. The molecule has 1 aliphatic rings. The number of nitrogens with zero attached hydrogens (tertiary/aromatic N) is 4. The summed E-state index contributed by atoms with van der Waals surface area (Å²) in [7, 11) is 0. The zero-order valence-electron chi connectivity index (χ0n) is 12.1. The van der Waals surface area contributed by atoms with Gasteiger partial charge in [0.05, 0.1) is 5.57 Å². The molecule has 3 heterocycles. The van der Waals surface area contributed by atoms with Gasteiger partial charge in [0.1, 0.15) is 19.0 Å². The van der Waals surface area contributed by atoms with Crippen molar-refractivity contribution in [1.29, 1.82) is 0 Å². The first kappa shape index (κ1) is 14.0. The van der Waals surface area contributed by atoms with E-state index in [1.54, 1.807) is 17.1 Å². The number of pyridine rings is 1. The average molecular weight is 297 g/mol. The van der Waals surface area contributed by atoms with Crippen molar-refractivity contribution in [2.45, 2.75) is 13.0 Å². The van der Waals surface area contributed by atoms with Crippen LogP contribution in [0.1, 0.15) is 18.5 Å². The Hall–Kier alpha value is -2.96. The lowest BCUT2D eigenvalue weighted by Gasteiger charge is -2.27. The quantitative estimate of drug-likeness (QED) is 0.683. The molecule has 2 aromatic heterocycles. The van der Waals surface area contributed by atoms with E-state index in [1.807, 2.05) is 19.1 Å². The summed E-state index contributed by atoms with van der Waals surface area (Å²) in [6.45, 7) is 5.53. The standard InChI is InChI=1S/C15H15N5O2/c1-3-8-22-14(21)12-10(2)19-15-17-9-18-20(15)13(12)11-4-6-16-7-5-11/h3-7,9,13H,1,8H2,2H3,(H,17,18,19). The molecule has 0 spiro atoms. The van der Waals surface area contributed by atoms with Crippen molar-refractivity contribution in [3.8, 4) is 0 Å². The van der Waals surface area contributed by atoms with Crippen LogP contribution in [0.5, 0.6) is 0 Å². The molecule has 0 aromatic carbocycles. The predicted octanol–water partition coefficient (Wildman–Crippen LogP) is 1.69. The molecule has 2 aromatic rings. The second-order valence-electron chi connectivity index (χ2n) is 4.76. The van der Waals surface area contributed by atoms with Crippen molar-refractivity contribution in [3.05, 3.63) is 60.3 Å². The van der Waals surface area contributed by atoms with Crippen LogP contribution in [0.2, 0.25) is 0 Å². The highest BCUT2D eigenvalue weighted by molar-refractivity contribution is 5.92. The summed E-state index contributed by atoms with van der Waals surface area (Å²) in [5.74, 6) is 0.174. The fourth-order valence-corrected chi connectivity index (χ4v) is 2.42. The van der Waals surface area contributed by atoms with E-state index in [0.29, 0.717) is 17.2 Å². The summed E-state index contributed by atoms with van der Waals surface area (Å²) >= 11 is 0. The Morgan fingerprint density at radius 1 is 1.50 bits per heavy atom. The second-order valence-corrected chi connectivity index (χ2v) is 4.76. The largest absolute Gasteiger partial charge is 0.458 e. The molecule has 0 saturated carbocycles. The summed E-state index contributed by atoms with van der Waals surface area (Å²) in [5.41, 5.74) is 2.07. The summed E-state index contributed by atoms with van der Waals surface area (Å²) in [5, 5.41) is 7.30. The van der Waals surface area contributed by atoms with Crippen molar-refractivity contribution in [2.75, 3.05) is 11.9 Å². The summed E-state index contributed by atoms with van der Waals surface area (Å²) in [6, 6.07) is 3.28. The molecule has 0 saturated heterocycles. The maximum atomic E-state index is 12.4. The van der Waals surface area contributed by atoms with Gasteiger partial charge in [-0.3, -0.25) is 4.98 Å². The van der Waals surface area contributed by atoms with Gasteiger partial charge in [-0.1, -0.05) is 12.7 Å². The number of nitrogens with one attached hydrogen (secondary N) is 1. The Morgan fingerprint density at radius 2 is 2.27 bits per heavy atom. The van der Waals surface area contributed by atoms with E-state index in [-0.39, 0.29) is 6.61 Å². The summed E-state index contributed by atoms with van der Waals surface area (Å²) in [6.07, 6.45) is 6.33. The molecule has 7 nitrogen and oxygen atoms in total. The number of aromatic nitrogens is 4. The molecule has 0 amide bonds. The number of allylic oxidation sites excluding steroid dienone is 1. The maximum absolute atomic E-state index is 12.4. The lowest BCUT2D eigenvalue weighted by molar-refractivity contribution is -0.138. The van der Waals surface area contributed by atoms with E-state index in [1.165, 1.54) is 12.4 Å². The van der Waals surface area contributed by atoms with Crippen molar-refractivity contribution in [3.63, 3.8) is 0 Å². The maximum Gasteiger partial charge on any atom is 0.338 e. The third-order valence-corrected chi connectivity index (χ3v) is 3.37. The van der Waals surface area contributed by atoms with Gasteiger partial charge in [0, 0.05) is 18.1 Å². The van der Waals surface area contributed by atoms with Crippen molar-refractivity contribution < 1.29 is 9.53 Å². The van der Waals surface area contributed by atoms with Crippen molar-refractivity contribution in [2.24, 2.45) is 0 Å². The second kappa shape index (κ2) is 5.80. The molecule has 1 aliphatic heterocycles. The molecule has 3 rings (SSSR count). The molecule has 7 heteroatoms. The Kier molecular flexibility index (Phi) is 3.69. The molecule has 0 bridgehead atoms. The normalized spacial score (nSPS) is 16.7. The Bertz CT molecular complexity index is 735. The van der Waals surface area contributed by atoms with E-state index < -0.39 is 12.0 Å². The van der Waals surface area contributed by atoms with Gasteiger partial charge in [0.2, 0.25) is 5.95 Å². The van der Waals surface area contributed by atoms with Gasteiger partial charge in [-0.25, -0.2) is 9.48 Å². The SMILES string of the molecule is C=CCOC(=O)C1=C(C)Nc2ncnn2C1c1ccncc1. The van der Waals surface area contributed by atoms with Crippen molar-refractivity contribution in [1.82, 2.24) is 19.7 Å². The first-order valence-corrected chi connectivity index (χ1v) is 6.77. The van der Waals surface area contributed by atoms with E-state index in [2.05, 4.69) is 27.0 Å². The van der Waals surface area contributed by atoms with Crippen LogP contribution in [0.3, 0.4) is 0 Å². The number of carbonyl (C=O) groups excluding carboxylic acids is 1. The molecule has 0 fully saturated rings. The molecular formula is C15H15N5O2. The molecule has 1 unspecified atom stereocenters. The van der Waals surface area contributed by atoms with Crippen LogP contribution in [0.25, 0.3) is 0 Å². The van der Waals surface area contributed by atoms with Crippen LogP contribution >= 0.6 is 0 Å². The molecular weight excluding hydrogens is 282 g/mol. The number of carbonyl (C=O) groups is 1. The Morgan fingerprint density at radius 3 is 3.00 bits per heavy atom. The molecule has 0 aliphatic carbocycles. The van der Waals surface area contributed by atoms with E-state index in [0.717, 1.165) is 5.56 Å². The molecule has 112 valence electrons. The van der Waals surface area contributed by atoms with Crippen molar-refractivity contribution >= 4 is 11.9 Å². The highest BCUT2D eigenvalue weighted by atomic mass is 16.5. The van der Waals surface area contributed by atoms with Gasteiger partial charge in [0.25, 0.3) is 0 Å². The molecule has 0 radical (unpaired) electrons. The number of hydrogen-bond acceptors (Lipinski definition) is 6. The lowest BCUT2D eigenvalue weighted by atomic mass is 9.97. The van der Waals surface area contributed by atoms with Crippen LogP contribution in [-0.2, 0) is 9.53 Å². The Balaban J connectivity index is 2.08. The number of fused-ring (bicyclic) bond motifs is 1. The summed E-state index contributed by atoms with van der Waals surface area (Å²) in [4.78, 5) is 20.6. The van der Waals surface area contributed by atoms with Gasteiger partial charge in [0.15, 0.2) is 0 Å². The van der Waals surface area contributed by atoms with Crippen LogP contribution in [0.4, 0.5) is 5.95 Å². The predicted molar refractivity (Wildman–Crippen MR) is 79.9 cm³/mol. The number of esters is 1. The number of rotatable bonds is 4. The minimum atomic E-state index is -0.409. The minimum Gasteiger partial charge on any atom is -0.458 e. The van der Waals surface area contributed by atoms with Gasteiger partial charge in [-0.05, 0) is 24.6 Å². The van der Waals surface area contributed by atoms with Crippen LogP contribution in [0.15, 0.2) is 54.8 Å². The van der Waals surface area contributed by atoms with Crippen LogP contribution in [0, 0.1) is 0 Å². The highest BCUT2D eigenvalue weighted by Gasteiger charge is 2.34. The third kappa shape index (κ3) is 2.37. The minimum absolute atomic E-state index is 0.156. The highest BCUT2D eigenvalue weighted by Crippen LogP contribution is 2.34. The smallest absolute Gasteiger partial charge is 0.338 e. The first-order valence-electron chi connectivity index (χ1n) is 6.77. The van der Waals surface area contributed by atoms with Crippen LogP contribution in [-0.4, -0.2) is 32.3 Å². The van der Waals surface area contributed by atoms with Gasteiger partial charge >= 0.3 is 5.97 Å². The van der Waals surface area contributed by atoms with E-state index in [4.69, 9.17) is 4.74 Å². The fourth-order valence-electron chi connectivity index (χ4n) is 2.42. The van der Waals surface area contributed by atoms with E-state index in [9.17, 15) is 4.79 Å². The van der Waals surface area contributed by atoms with E-state index >= 15 is 0 Å². The monoisotopic (exact) mass is 297 g/mol. The zero-order chi connectivity index (χ0) is 15.5. The molecule has 1 atom stereocenters. The van der Waals surface area contributed by atoms with Gasteiger partial charge < -0.3 is 10.1 Å². The molecule has 1 N–H and O–H groups in total. The topological polar surface area (TPSA) is 81.9 Å². The Labute approximate surface area is 127 Å². The summed E-state index contributed by atoms with van der Waals surface area (Å²) < 4.78 is 6.87. The van der Waals surface area contributed by atoms with Gasteiger partial charge in [-0.2, -0.15) is 10.1 Å². The number of hydrogen-bond donors (Lipinski definition) is 1. The first-order chi connectivity index (χ1) is 10.7. The zero-order valence-corrected chi connectivity index (χ0v) is 12.1. The number of ether oxygens (including phenoxy) is 1. The third-order valence-electron chi connectivity index (χ3n) is 3.37. The fraction of sp³-hybridized carbons (Fsp3) is 0.200. The number of anilines is 1. The van der Waals surface area contributed by atoms with Crippen LogP contribution < -0.4 is 5.32 Å². The van der Waals surface area contributed by atoms with Gasteiger partial charge in [-0.15, -0.1) is 0 Å². The lowest BCUT2D eigenvalue weighted by Crippen LogP contribution is -2.29. The molecule has 22 heavy (non-hydrogen) atoms.